The first-order valence-corrected chi connectivity index (χ1v) is 4.98. The molecule has 0 saturated carbocycles. The molecule has 1 aromatic carbocycles. The van der Waals surface area contributed by atoms with E-state index in [-0.39, 0.29) is 6.04 Å². The zero-order valence-corrected chi connectivity index (χ0v) is 8.80. The summed E-state index contributed by atoms with van der Waals surface area (Å²) < 4.78 is 0. The number of hydrogen-bond acceptors (Lipinski definition) is 1. The third-order valence-corrected chi connectivity index (χ3v) is 2.56. The van der Waals surface area contributed by atoms with Crippen LogP contribution in [0.3, 0.4) is 0 Å². The molecule has 1 heteroatoms. The van der Waals surface area contributed by atoms with E-state index in [2.05, 4.69) is 39.0 Å². The van der Waals surface area contributed by atoms with Gasteiger partial charge in [0.1, 0.15) is 0 Å². The summed E-state index contributed by atoms with van der Waals surface area (Å²) in [5.74, 6) is 0. The number of rotatable bonds is 3. The summed E-state index contributed by atoms with van der Waals surface area (Å²) in [5.41, 5.74) is 9.97. The molecule has 0 aliphatic carbocycles. The van der Waals surface area contributed by atoms with E-state index in [1.165, 1.54) is 16.7 Å². The van der Waals surface area contributed by atoms with Crippen molar-refractivity contribution >= 4 is 0 Å². The fourth-order valence-corrected chi connectivity index (χ4v) is 1.47. The second-order valence-electron chi connectivity index (χ2n) is 3.74. The molecular weight excluding hydrogens is 158 g/mol. The predicted molar refractivity (Wildman–Crippen MR) is 57.8 cm³/mol. The van der Waals surface area contributed by atoms with Crippen LogP contribution in [0.5, 0.6) is 0 Å². The highest BCUT2D eigenvalue weighted by Gasteiger charge is 2.04. The molecule has 0 bridgehead atoms. The summed E-state index contributed by atoms with van der Waals surface area (Å²) >= 11 is 0. The number of hydrogen-bond donors (Lipinski definition) is 1. The molecule has 0 amide bonds. The first kappa shape index (κ1) is 10.3. The van der Waals surface area contributed by atoms with Crippen molar-refractivity contribution in [2.75, 3.05) is 0 Å². The lowest BCUT2D eigenvalue weighted by molar-refractivity contribution is 0.638. The van der Waals surface area contributed by atoms with Gasteiger partial charge in [-0.2, -0.15) is 0 Å². The van der Waals surface area contributed by atoms with E-state index in [0.29, 0.717) is 0 Å². The van der Waals surface area contributed by atoms with Crippen molar-refractivity contribution in [2.24, 2.45) is 5.73 Å². The summed E-state index contributed by atoms with van der Waals surface area (Å²) in [7, 11) is 0. The summed E-state index contributed by atoms with van der Waals surface area (Å²) in [6.45, 7) is 6.43. The molecule has 13 heavy (non-hydrogen) atoms. The molecule has 0 unspecified atom stereocenters. The number of aryl methyl sites for hydroxylation is 2. The lowest BCUT2D eigenvalue weighted by Gasteiger charge is -2.12. The summed E-state index contributed by atoms with van der Waals surface area (Å²) in [6.07, 6.45) is 2.22. The molecule has 0 aliphatic heterocycles. The highest BCUT2D eigenvalue weighted by molar-refractivity contribution is 5.31. The lowest BCUT2D eigenvalue weighted by Crippen LogP contribution is -2.09. The van der Waals surface area contributed by atoms with E-state index in [4.69, 9.17) is 5.73 Å². The van der Waals surface area contributed by atoms with E-state index in [1.807, 2.05) is 0 Å². The molecule has 2 N–H and O–H groups in total. The van der Waals surface area contributed by atoms with Crippen molar-refractivity contribution < 1.29 is 0 Å². The first-order valence-electron chi connectivity index (χ1n) is 4.98. The smallest absolute Gasteiger partial charge is 0.0294 e. The average Bonchev–Trinajstić information content (AvgIpc) is 2.10. The Morgan fingerprint density at radius 2 is 1.92 bits per heavy atom. The number of nitrogens with two attached hydrogens (primary N) is 1. The summed E-state index contributed by atoms with van der Waals surface area (Å²) in [5, 5.41) is 0. The van der Waals surface area contributed by atoms with Gasteiger partial charge in [-0.15, -0.1) is 0 Å². The molecule has 0 fully saturated rings. The minimum atomic E-state index is 0.212. The van der Waals surface area contributed by atoms with Crippen LogP contribution in [-0.4, -0.2) is 0 Å². The quantitative estimate of drug-likeness (QED) is 0.754. The van der Waals surface area contributed by atoms with Crippen molar-refractivity contribution in [3.63, 3.8) is 0 Å². The number of benzene rings is 1. The van der Waals surface area contributed by atoms with E-state index in [9.17, 15) is 0 Å². The van der Waals surface area contributed by atoms with Gasteiger partial charge in [0.05, 0.1) is 0 Å². The lowest BCUT2D eigenvalue weighted by atomic mass is 9.99. The van der Waals surface area contributed by atoms with Crippen LogP contribution >= 0.6 is 0 Å². The monoisotopic (exact) mass is 177 g/mol. The van der Waals surface area contributed by atoms with Crippen molar-refractivity contribution in [3.05, 3.63) is 34.9 Å². The Kier molecular flexibility index (Phi) is 3.49. The molecule has 0 aromatic heterocycles. The predicted octanol–water partition coefficient (Wildman–Crippen LogP) is 3.10. The Bertz CT molecular complexity index is 278. The SMILES string of the molecule is CCC[C@@H](N)c1ccc(C)c(C)c1. The highest BCUT2D eigenvalue weighted by atomic mass is 14.6. The van der Waals surface area contributed by atoms with E-state index in [0.717, 1.165) is 12.8 Å². The van der Waals surface area contributed by atoms with E-state index in [1.54, 1.807) is 0 Å². The van der Waals surface area contributed by atoms with Gasteiger partial charge in [-0.05, 0) is 37.0 Å². The molecule has 0 radical (unpaired) electrons. The van der Waals surface area contributed by atoms with Crippen molar-refractivity contribution in [1.82, 2.24) is 0 Å². The fraction of sp³-hybridized carbons (Fsp3) is 0.500. The molecule has 0 heterocycles. The van der Waals surface area contributed by atoms with Gasteiger partial charge in [-0.25, -0.2) is 0 Å². The van der Waals surface area contributed by atoms with Crippen LogP contribution < -0.4 is 5.73 Å². The topological polar surface area (TPSA) is 26.0 Å². The zero-order valence-electron chi connectivity index (χ0n) is 8.80. The van der Waals surface area contributed by atoms with E-state index >= 15 is 0 Å². The van der Waals surface area contributed by atoms with Crippen LogP contribution in [0.1, 0.15) is 42.5 Å². The van der Waals surface area contributed by atoms with Crippen molar-refractivity contribution in [3.8, 4) is 0 Å². The van der Waals surface area contributed by atoms with Gasteiger partial charge in [-0.1, -0.05) is 31.5 Å². The summed E-state index contributed by atoms with van der Waals surface area (Å²) in [6, 6.07) is 6.71. The van der Waals surface area contributed by atoms with Gasteiger partial charge in [0, 0.05) is 6.04 Å². The average molecular weight is 177 g/mol. The standard InChI is InChI=1S/C12H19N/c1-4-5-12(13)11-7-6-9(2)10(3)8-11/h6-8,12H,4-5,13H2,1-3H3/t12-/m1/s1. The maximum Gasteiger partial charge on any atom is 0.0294 e. The Labute approximate surface area is 81.0 Å². The molecule has 72 valence electrons. The third kappa shape index (κ3) is 2.56. The second kappa shape index (κ2) is 4.43. The molecular formula is C12H19N. The van der Waals surface area contributed by atoms with Crippen LogP contribution in [-0.2, 0) is 0 Å². The molecule has 0 saturated heterocycles. The van der Waals surface area contributed by atoms with Crippen LogP contribution in [0, 0.1) is 13.8 Å². The van der Waals surface area contributed by atoms with Crippen LogP contribution in [0.4, 0.5) is 0 Å². The van der Waals surface area contributed by atoms with Gasteiger partial charge >= 0.3 is 0 Å². The Morgan fingerprint density at radius 1 is 1.23 bits per heavy atom. The zero-order chi connectivity index (χ0) is 9.84. The Hall–Kier alpha value is -0.820. The second-order valence-corrected chi connectivity index (χ2v) is 3.74. The normalized spacial score (nSPS) is 12.9. The minimum Gasteiger partial charge on any atom is -0.324 e. The van der Waals surface area contributed by atoms with Gasteiger partial charge in [0.2, 0.25) is 0 Å². The fourth-order valence-electron chi connectivity index (χ4n) is 1.47. The van der Waals surface area contributed by atoms with Crippen molar-refractivity contribution in [1.29, 1.82) is 0 Å². The maximum atomic E-state index is 6.02. The maximum absolute atomic E-state index is 6.02. The van der Waals surface area contributed by atoms with Gasteiger partial charge in [0.25, 0.3) is 0 Å². The van der Waals surface area contributed by atoms with Gasteiger partial charge < -0.3 is 5.73 Å². The molecule has 1 rings (SSSR count). The third-order valence-electron chi connectivity index (χ3n) is 2.56. The van der Waals surface area contributed by atoms with Crippen LogP contribution in [0.25, 0.3) is 0 Å². The van der Waals surface area contributed by atoms with Crippen molar-refractivity contribution in [2.45, 2.75) is 39.7 Å². The first-order chi connectivity index (χ1) is 6.15. The minimum absolute atomic E-state index is 0.212. The molecule has 1 aromatic rings. The molecule has 0 spiro atoms. The highest BCUT2D eigenvalue weighted by Crippen LogP contribution is 2.18. The van der Waals surface area contributed by atoms with Gasteiger partial charge in [-0.3, -0.25) is 0 Å². The molecule has 0 aliphatic rings. The molecule has 1 atom stereocenters. The molecule has 1 nitrogen and oxygen atoms in total. The van der Waals surface area contributed by atoms with Gasteiger partial charge in [0.15, 0.2) is 0 Å². The Morgan fingerprint density at radius 3 is 2.46 bits per heavy atom. The summed E-state index contributed by atoms with van der Waals surface area (Å²) in [4.78, 5) is 0. The Balaban J connectivity index is 2.84. The largest absolute Gasteiger partial charge is 0.324 e. The van der Waals surface area contributed by atoms with E-state index < -0.39 is 0 Å². The van der Waals surface area contributed by atoms with Crippen LogP contribution in [0.15, 0.2) is 18.2 Å². The van der Waals surface area contributed by atoms with Crippen LogP contribution in [0.2, 0.25) is 0 Å².